The van der Waals surface area contributed by atoms with Crippen LogP contribution in [0.1, 0.15) is 252 Å². The molecule has 3 N–H and O–H groups in total. The van der Waals surface area contributed by atoms with Crippen molar-refractivity contribution in [3.05, 3.63) is 48.6 Å². The highest BCUT2D eigenvalue weighted by Gasteiger charge is 2.24. The van der Waals surface area contributed by atoms with Gasteiger partial charge in [-0.15, -0.1) is 0 Å². The van der Waals surface area contributed by atoms with Gasteiger partial charge in [0.1, 0.15) is 6.10 Å². The third kappa shape index (κ3) is 42.3. The van der Waals surface area contributed by atoms with Crippen molar-refractivity contribution in [2.75, 3.05) is 6.61 Å². The lowest BCUT2D eigenvalue weighted by Gasteiger charge is -2.24. The van der Waals surface area contributed by atoms with Gasteiger partial charge in [0.05, 0.1) is 25.2 Å². The van der Waals surface area contributed by atoms with Crippen molar-refractivity contribution in [2.45, 2.75) is 270 Å². The Kier molecular flexibility index (Phi) is 45.1. The third-order valence-corrected chi connectivity index (χ3v) is 11.4. The number of aliphatic hydroxyl groups excluding tert-OH is 2. The topological polar surface area (TPSA) is 95.9 Å². The zero-order chi connectivity index (χ0) is 43.1. The van der Waals surface area contributed by atoms with Crippen molar-refractivity contribution in [2.24, 2.45) is 0 Å². The van der Waals surface area contributed by atoms with E-state index >= 15 is 0 Å². The summed E-state index contributed by atoms with van der Waals surface area (Å²) < 4.78 is 5.88. The van der Waals surface area contributed by atoms with Gasteiger partial charge >= 0.3 is 5.97 Å². The van der Waals surface area contributed by atoms with E-state index in [1.54, 1.807) is 0 Å². The number of nitrogens with one attached hydrogen (secondary N) is 1. The molecule has 0 fully saturated rings. The van der Waals surface area contributed by atoms with E-state index in [1.165, 1.54) is 135 Å². The van der Waals surface area contributed by atoms with Crippen LogP contribution in [0.2, 0.25) is 0 Å². The molecule has 1 amide bonds. The van der Waals surface area contributed by atoms with E-state index in [9.17, 15) is 19.8 Å². The monoisotopic (exact) mass is 828 g/mol. The maximum Gasteiger partial charge on any atom is 0.306 e. The van der Waals surface area contributed by atoms with Crippen LogP contribution < -0.4 is 5.32 Å². The predicted octanol–water partition coefficient (Wildman–Crippen LogP) is 15.1. The molecular formula is C53H97NO5. The normalized spacial score (nSPS) is 13.6. The molecule has 0 saturated heterocycles. The maximum atomic E-state index is 13.2. The van der Waals surface area contributed by atoms with Crippen LogP contribution in [0, 0.1) is 0 Å². The molecule has 6 heteroatoms. The second kappa shape index (κ2) is 46.9. The number of hydrogen-bond donors (Lipinski definition) is 3. The van der Waals surface area contributed by atoms with Gasteiger partial charge in [-0.1, -0.05) is 223 Å². The number of hydrogen-bond acceptors (Lipinski definition) is 5. The molecule has 59 heavy (non-hydrogen) atoms. The molecule has 0 bridgehead atoms. The predicted molar refractivity (Wildman–Crippen MR) is 255 cm³/mol. The Morgan fingerprint density at radius 1 is 0.492 bits per heavy atom. The van der Waals surface area contributed by atoms with Crippen molar-refractivity contribution >= 4 is 11.9 Å². The molecule has 0 radical (unpaired) electrons. The van der Waals surface area contributed by atoms with E-state index in [1.807, 2.05) is 0 Å². The Hall–Kier alpha value is -2.18. The summed E-state index contributed by atoms with van der Waals surface area (Å²) in [5.41, 5.74) is 0. The maximum absolute atomic E-state index is 13.2. The van der Waals surface area contributed by atoms with Crippen molar-refractivity contribution in [1.29, 1.82) is 0 Å². The summed E-state index contributed by atoms with van der Waals surface area (Å²) in [6.45, 7) is 6.43. The van der Waals surface area contributed by atoms with Gasteiger partial charge in [0.15, 0.2) is 0 Å². The number of allylic oxidation sites excluding steroid dienone is 8. The number of aliphatic hydroxyl groups is 2. The first kappa shape index (κ1) is 56.8. The van der Waals surface area contributed by atoms with Crippen LogP contribution >= 0.6 is 0 Å². The molecule has 0 aliphatic heterocycles. The van der Waals surface area contributed by atoms with E-state index in [2.05, 4.69) is 74.7 Å². The number of amides is 1. The van der Waals surface area contributed by atoms with Gasteiger partial charge < -0.3 is 20.3 Å². The quantitative estimate of drug-likeness (QED) is 0.0323. The van der Waals surface area contributed by atoms with Gasteiger partial charge in [-0.05, 0) is 64.2 Å². The van der Waals surface area contributed by atoms with Gasteiger partial charge in [0.2, 0.25) is 5.91 Å². The lowest BCUT2D eigenvalue weighted by Crippen LogP contribution is -2.46. The molecule has 0 aromatic carbocycles. The highest BCUT2D eigenvalue weighted by Crippen LogP contribution is 2.17. The molecule has 6 nitrogen and oxygen atoms in total. The first-order valence-electron chi connectivity index (χ1n) is 25.4. The Morgan fingerprint density at radius 3 is 1.31 bits per heavy atom. The highest BCUT2D eigenvalue weighted by molar-refractivity contribution is 5.77. The van der Waals surface area contributed by atoms with E-state index in [-0.39, 0.29) is 24.9 Å². The SMILES string of the molecule is CCCCC/C=C\C/C=C\C/C=C\C/C=C\CCCC(=O)OC(CCCCCCCCCCC)CC(=O)NC(CO)C(O)CCCCCCCCCCCCCCCC. The minimum atomic E-state index is -0.794. The van der Waals surface area contributed by atoms with Crippen LogP contribution in [-0.4, -0.2) is 46.9 Å². The fourth-order valence-corrected chi connectivity index (χ4v) is 7.54. The zero-order valence-corrected chi connectivity index (χ0v) is 39.1. The van der Waals surface area contributed by atoms with Crippen molar-refractivity contribution in [3.8, 4) is 0 Å². The second-order valence-corrected chi connectivity index (χ2v) is 17.2. The van der Waals surface area contributed by atoms with Crippen LogP contribution in [0.5, 0.6) is 0 Å². The Morgan fingerprint density at radius 2 is 0.864 bits per heavy atom. The van der Waals surface area contributed by atoms with Crippen LogP contribution in [-0.2, 0) is 14.3 Å². The molecule has 3 unspecified atom stereocenters. The average molecular weight is 828 g/mol. The first-order chi connectivity index (χ1) is 29.0. The van der Waals surface area contributed by atoms with Crippen LogP contribution in [0.15, 0.2) is 48.6 Å². The number of carbonyl (C=O) groups excluding carboxylic acids is 2. The number of ether oxygens (including phenoxy) is 1. The molecule has 0 aliphatic rings. The summed E-state index contributed by atoms with van der Waals surface area (Å²) in [6.07, 6.45) is 56.0. The van der Waals surface area contributed by atoms with Crippen LogP contribution in [0.4, 0.5) is 0 Å². The minimum Gasteiger partial charge on any atom is -0.462 e. The van der Waals surface area contributed by atoms with Gasteiger partial charge in [-0.3, -0.25) is 9.59 Å². The molecule has 0 aliphatic carbocycles. The van der Waals surface area contributed by atoms with Crippen LogP contribution in [0.3, 0.4) is 0 Å². The summed E-state index contributed by atoms with van der Waals surface area (Å²) in [7, 11) is 0. The standard InChI is InChI=1S/C53H97NO5/c1-4-7-10-13-16-19-21-23-25-26-27-29-31-34-37-40-43-46-53(58)59-49(44-41-38-35-32-18-15-12-9-6-3)47-52(57)54-50(48-55)51(56)45-42-39-36-33-30-28-24-22-20-17-14-11-8-5-2/h16,19,23,25,27,29,34,37,49-51,55-56H,4-15,17-18,20-22,24,26,28,30-33,35-36,38-48H2,1-3H3,(H,54,57)/b19-16-,25-23-,29-27-,37-34-. The van der Waals surface area contributed by atoms with E-state index in [0.29, 0.717) is 25.7 Å². The molecule has 0 aromatic heterocycles. The summed E-state index contributed by atoms with van der Waals surface area (Å²) in [5, 5.41) is 23.7. The highest BCUT2D eigenvalue weighted by atomic mass is 16.5. The Labute approximate surface area is 366 Å². The fourth-order valence-electron chi connectivity index (χ4n) is 7.54. The molecule has 0 saturated carbocycles. The Bertz CT molecular complexity index is 1020. The van der Waals surface area contributed by atoms with Gasteiger partial charge in [-0.2, -0.15) is 0 Å². The van der Waals surface area contributed by atoms with Crippen molar-refractivity contribution < 1.29 is 24.5 Å². The van der Waals surface area contributed by atoms with E-state index < -0.39 is 18.2 Å². The summed E-state index contributed by atoms with van der Waals surface area (Å²) in [4.78, 5) is 26.0. The average Bonchev–Trinajstić information content (AvgIpc) is 3.23. The number of unbranched alkanes of at least 4 members (excludes halogenated alkanes) is 25. The smallest absolute Gasteiger partial charge is 0.306 e. The molecular weight excluding hydrogens is 731 g/mol. The molecule has 344 valence electrons. The van der Waals surface area contributed by atoms with Gasteiger partial charge in [0.25, 0.3) is 0 Å². The molecule has 0 rings (SSSR count). The van der Waals surface area contributed by atoms with Crippen LogP contribution in [0.25, 0.3) is 0 Å². The first-order valence-corrected chi connectivity index (χ1v) is 25.4. The number of carbonyl (C=O) groups is 2. The van der Waals surface area contributed by atoms with Crippen molar-refractivity contribution in [1.82, 2.24) is 5.32 Å². The van der Waals surface area contributed by atoms with E-state index in [4.69, 9.17) is 4.74 Å². The summed E-state index contributed by atoms with van der Waals surface area (Å²) >= 11 is 0. The number of esters is 1. The third-order valence-electron chi connectivity index (χ3n) is 11.4. The molecule has 0 spiro atoms. The second-order valence-electron chi connectivity index (χ2n) is 17.2. The molecule has 3 atom stereocenters. The lowest BCUT2D eigenvalue weighted by molar-refractivity contribution is -0.151. The zero-order valence-electron chi connectivity index (χ0n) is 39.1. The fraction of sp³-hybridized carbons (Fsp3) is 0.811. The summed E-state index contributed by atoms with van der Waals surface area (Å²) in [5.74, 6) is -0.537. The largest absolute Gasteiger partial charge is 0.462 e. The van der Waals surface area contributed by atoms with Gasteiger partial charge in [-0.25, -0.2) is 0 Å². The van der Waals surface area contributed by atoms with E-state index in [0.717, 1.165) is 64.2 Å². The molecule has 0 heterocycles. The summed E-state index contributed by atoms with van der Waals surface area (Å²) in [6, 6.07) is -0.709. The lowest BCUT2D eigenvalue weighted by atomic mass is 10.0. The van der Waals surface area contributed by atoms with Crippen molar-refractivity contribution in [3.63, 3.8) is 0 Å². The minimum absolute atomic E-state index is 0.0575. The number of rotatable bonds is 45. The van der Waals surface area contributed by atoms with Gasteiger partial charge in [0, 0.05) is 6.42 Å². The Balaban J connectivity index is 4.55. The molecule has 0 aromatic rings.